The number of hydrogen-bond donors (Lipinski definition) is 1. The third-order valence-electron chi connectivity index (χ3n) is 5.45. The minimum Gasteiger partial charge on any atom is -0.490 e. The van der Waals surface area contributed by atoms with E-state index in [1.165, 1.54) is 0 Å². The van der Waals surface area contributed by atoms with Gasteiger partial charge in [-0.1, -0.05) is 17.7 Å². The lowest BCUT2D eigenvalue weighted by atomic mass is 9.91. The molecule has 1 saturated heterocycles. The molecule has 32 heavy (non-hydrogen) atoms. The normalized spacial score (nSPS) is 20.2. The Kier molecular flexibility index (Phi) is 4.97. The largest absolute Gasteiger partial charge is 0.490 e. The molecule has 1 fully saturated rings. The number of rotatable bonds is 4. The zero-order valence-electron chi connectivity index (χ0n) is 17.1. The molecular weight excluding hydrogens is 436 g/mol. The van der Waals surface area contributed by atoms with E-state index >= 15 is 0 Å². The van der Waals surface area contributed by atoms with Gasteiger partial charge in [0.25, 0.3) is 5.91 Å². The summed E-state index contributed by atoms with van der Waals surface area (Å²) in [6, 6.07) is 11.6. The number of amides is 3. The molecule has 0 saturated carbocycles. The first kappa shape index (κ1) is 20.3. The number of aromatic nitrogens is 2. The third kappa shape index (κ3) is 3.54. The predicted molar refractivity (Wildman–Crippen MR) is 113 cm³/mol. The molecule has 1 N–H and O–H groups in total. The number of fused-ring (bicyclic) bond motifs is 1. The average Bonchev–Trinajstić information content (AvgIpc) is 3.23. The summed E-state index contributed by atoms with van der Waals surface area (Å²) in [4.78, 5) is 27.0. The Morgan fingerprint density at radius 1 is 1.06 bits per heavy atom. The molecule has 2 aliphatic rings. The Morgan fingerprint density at radius 2 is 1.81 bits per heavy atom. The Morgan fingerprint density at radius 3 is 2.59 bits per heavy atom. The molecule has 5 rings (SSSR count). The molecule has 2 aliphatic heterocycles. The lowest BCUT2D eigenvalue weighted by Gasteiger charge is -2.23. The van der Waals surface area contributed by atoms with Gasteiger partial charge in [0, 0.05) is 17.0 Å². The van der Waals surface area contributed by atoms with Crippen LogP contribution in [0.5, 0.6) is 11.5 Å². The summed E-state index contributed by atoms with van der Waals surface area (Å²) >= 11 is 5.90. The van der Waals surface area contributed by atoms with Gasteiger partial charge in [-0.2, -0.15) is 0 Å². The number of halogens is 1. The van der Waals surface area contributed by atoms with Crippen molar-refractivity contribution in [3.8, 4) is 23.0 Å². The summed E-state index contributed by atoms with van der Waals surface area (Å²) in [5.41, 5.74) is 0.0123. The first-order valence-corrected chi connectivity index (χ1v) is 10.4. The first-order chi connectivity index (χ1) is 15.4. The second-order valence-electron chi connectivity index (χ2n) is 7.67. The van der Waals surface area contributed by atoms with Crippen LogP contribution >= 0.6 is 11.6 Å². The maximum atomic E-state index is 13.3. The van der Waals surface area contributed by atoms with Crippen LogP contribution in [0.3, 0.4) is 0 Å². The fourth-order valence-electron chi connectivity index (χ4n) is 3.67. The van der Waals surface area contributed by atoms with Crippen LogP contribution < -0.4 is 14.8 Å². The molecule has 164 valence electrons. The summed E-state index contributed by atoms with van der Waals surface area (Å²) in [6.07, 6.45) is 0.771. The van der Waals surface area contributed by atoms with Crippen molar-refractivity contribution in [2.75, 3.05) is 13.2 Å². The van der Waals surface area contributed by atoms with Crippen LogP contribution in [0.25, 0.3) is 11.5 Å². The van der Waals surface area contributed by atoms with Gasteiger partial charge in [-0.3, -0.25) is 9.69 Å². The Balaban J connectivity index is 1.37. The Hall–Kier alpha value is -3.59. The third-order valence-corrected chi connectivity index (χ3v) is 5.70. The zero-order chi connectivity index (χ0) is 22.3. The molecule has 3 amide bonds. The maximum absolute atomic E-state index is 13.3. The van der Waals surface area contributed by atoms with Gasteiger partial charge in [0.15, 0.2) is 11.5 Å². The van der Waals surface area contributed by atoms with E-state index in [0.29, 0.717) is 40.9 Å². The van der Waals surface area contributed by atoms with Crippen LogP contribution in [0.2, 0.25) is 5.02 Å². The molecule has 3 heterocycles. The number of carbonyl (C=O) groups is 2. The second kappa shape index (κ2) is 7.83. The van der Waals surface area contributed by atoms with Crippen molar-refractivity contribution in [1.29, 1.82) is 0 Å². The van der Waals surface area contributed by atoms with Crippen molar-refractivity contribution < 1.29 is 23.5 Å². The Labute approximate surface area is 188 Å². The SMILES string of the molecule is C[C@@]1(c2ccc3c(c2)OCCCO3)NC(=O)N(Cc2nnc(-c3ccc(Cl)cc3)o2)C1=O. The lowest BCUT2D eigenvalue weighted by Crippen LogP contribution is -2.40. The van der Waals surface area contributed by atoms with Gasteiger partial charge < -0.3 is 19.2 Å². The number of ether oxygens (including phenoxy) is 2. The zero-order valence-corrected chi connectivity index (χ0v) is 17.9. The fraction of sp³-hybridized carbons (Fsp3) is 0.273. The smallest absolute Gasteiger partial charge is 0.325 e. The van der Waals surface area contributed by atoms with E-state index in [4.69, 9.17) is 25.5 Å². The van der Waals surface area contributed by atoms with Gasteiger partial charge in [0.1, 0.15) is 12.1 Å². The molecule has 3 aromatic rings. The standard InChI is InChI=1S/C22H19ClN4O5/c1-22(14-5-8-16-17(11-14)31-10-2-9-30-16)20(28)27(21(29)24-22)12-18-25-26-19(32-18)13-3-6-15(23)7-4-13/h3-8,11H,2,9-10,12H2,1H3,(H,24,29)/t22-/m0/s1. The summed E-state index contributed by atoms with van der Waals surface area (Å²) in [7, 11) is 0. The van der Waals surface area contributed by atoms with Crippen molar-refractivity contribution in [2.24, 2.45) is 0 Å². The topological polar surface area (TPSA) is 107 Å². The van der Waals surface area contributed by atoms with Crippen LogP contribution in [0.15, 0.2) is 46.9 Å². The van der Waals surface area contributed by atoms with Crippen molar-refractivity contribution >= 4 is 23.5 Å². The number of imide groups is 1. The maximum Gasteiger partial charge on any atom is 0.325 e. The number of nitrogens with zero attached hydrogens (tertiary/aromatic N) is 3. The molecule has 0 unspecified atom stereocenters. The average molecular weight is 455 g/mol. The molecule has 9 nitrogen and oxygen atoms in total. The van der Waals surface area contributed by atoms with Crippen LogP contribution in [0.1, 0.15) is 24.8 Å². The highest BCUT2D eigenvalue weighted by atomic mass is 35.5. The van der Waals surface area contributed by atoms with Gasteiger partial charge in [-0.05, 0) is 48.9 Å². The van der Waals surface area contributed by atoms with Crippen LogP contribution in [-0.4, -0.2) is 40.2 Å². The van der Waals surface area contributed by atoms with Gasteiger partial charge in [-0.15, -0.1) is 10.2 Å². The number of carbonyl (C=O) groups excluding carboxylic acids is 2. The van der Waals surface area contributed by atoms with Gasteiger partial charge in [-0.25, -0.2) is 4.79 Å². The van der Waals surface area contributed by atoms with E-state index in [2.05, 4.69) is 15.5 Å². The van der Waals surface area contributed by atoms with Crippen LogP contribution in [0, 0.1) is 0 Å². The number of benzene rings is 2. The second-order valence-corrected chi connectivity index (χ2v) is 8.10. The quantitative estimate of drug-likeness (QED) is 0.601. The van der Waals surface area contributed by atoms with Crippen molar-refractivity contribution in [3.05, 3.63) is 58.9 Å². The van der Waals surface area contributed by atoms with Crippen LogP contribution in [0.4, 0.5) is 4.79 Å². The van der Waals surface area contributed by atoms with Crippen molar-refractivity contribution in [3.63, 3.8) is 0 Å². The van der Waals surface area contributed by atoms with E-state index in [1.54, 1.807) is 49.4 Å². The minimum atomic E-state index is -1.26. The van der Waals surface area contributed by atoms with Crippen molar-refractivity contribution in [2.45, 2.75) is 25.4 Å². The molecule has 0 spiro atoms. The molecule has 2 aromatic carbocycles. The van der Waals surface area contributed by atoms with Gasteiger partial charge in [0.2, 0.25) is 11.8 Å². The number of nitrogens with one attached hydrogen (secondary N) is 1. The highest BCUT2D eigenvalue weighted by Gasteiger charge is 2.49. The molecular formula is C22H19ClN4O5. The highest BCUT2D eigenvalue weighted by Crippen LogP contribution is 2.37. The Bertz CT molecular complexity index is 1200. The van der Waals surface area contributed by atoms with E-state index in [-0.39, 0.29) is 18.3 Å². The van der Waals surface area contributed by atoms with Crippen molar-refractivity contribution in [1.82, 2.24) is 20.4 Å². The molecule has 0 bridgehead atoms. The summed E-state index contributed by atoms with van der Waals surface area (Å²) < 4.78 is 17.0. The summed E-state index contributed by atoms with van der Waals surface area (Å²) in [5, 5.41) is 11.3. The number of urea groups is 1. The number of hydrogen-bond acceptors (Lipinski definition) is 7. The lowest BCUT2D eigenvalue weighted by molar-refractivity contribution is -0.131. The summed E-state index contributed by atoms with van der Waals surface area (Å²) in [6.45, 7) is 2.59. The predicted octanol–water partition coefficient (Wildman–Crippen LogP) is 3.52. The van der Waals surface area contributed by atoms with Crippen LogP contribution in [-0.2, 0) is 16.9 Å². The van der Waals surface area contributed by atoms with E-state index in [9.17, 15) is 9.59 Å². The summed E-state index contributed by atoms with van der Waals surface area (Å²) in [5.74, 6) is 1.15. The molecule has 0 radical (unpaired) electrons. The van der Waals surface area contributed by atoms with Gasteiger partial charge >= 0.3 is 6.03 Å². The van der Waals surface area contributed by atoms with E-state index in [1.807, 2.05) is 0 Å². The minimum absolute atomic E-state index is 0.140. The van der Waals surface area contributed by atoms with E-state index < -0.39 is 17.5 Å². The van der Waals surface area contributed by atoms with E-state index in [0.717, 1.165) is 11.3 Å². The van der Waals surface area contributed by atoms with Gasteiger partial charge in [0.05, 0.1) is 13.2 Å². The molecule has 0 aliphatic carbocycles. The highest BCUT2D eigenvalue weighted by molar-refractivity contribution is 6.30. The monoisotopic (exact) mass is 454 g/mol. The molecule has 1 atom stereocenters. The fourth-order valence-corrected chi connectivity index (χ4v) is 3.80. The first-order valence-electron chi connectivity index (χ1n) is 10.1. The molecule has 1 aromatic heterocycles. The molecule has 10 heteroatoms.